The minimum atomic E-state index is -1.26. The Balaban J connectivity index is 1.73. The number of carbonyl (C=O) groups is 2. The van der Waals surface area contributed by atoms with Crippen molar-refractivity contribution in [3.05, 3.63) is 23.8 Å². The highest BCUT2D eigenvalue weighted by Gasteiger charge is 2.35. The van der Waals surface area contributed by atoms with Gasteiger partial charge in [-0.25, -0.2) is 18.4 Å². The lowest BCUT2D eigenvalue weighted by Crippen LogP contribution is -2.48. The fourth-order valence-corrected chi connectivity index (χ4v) is 2.79. The zero-order chi connectivity index (χ0) is 18.8. The van der Waals surface area contributed by atoms with E-state index in [1.54, 1.807) is 0 Å². The van der Waals surface area contributed by atoms with Crippen LogP contribution in [0.2, 0.25) is 0 Å². The minimum absolute atomic E-state index is 0.00196. The summed E-state index contributed by atoms with van der Waals surface area (Å²) in [6.07, 6.45) is -2.80. The summed E-state index contributed by atoms with van der Waals surface area (Å²) in [5.41, 5.74) is 0.450. The van der Waals surface area contributed by atoms with Gasteiger partial charge in [-0.1, -0.05) is 5.16 Å². The second kappa shape index (κ2) is 7.02. The number of rotatable bonds is 5. The molecule has 2 fully saturated rings. The lowest BCUT2D eigenvalue weighted by Gasteiger charge is -2.34. The van der Waals surface area contributed by atoms with E-state index in [9.17, 15) is 18.4 Å². The summed E-state index contributed by atoms with van der Waals surface area (Å²) in [6.45, 7) is 0.354. The van der Waals surface area contributed by atoms with E-state index in [4.69, 9.17) is 9.84 Å². The van der Waals surface area contributed by atoms with Crippen LogP contribution >= 0.6 is 0 Å². The van der Waals surface area contributed by atoms with Crippen molar-refractivity contribution in [1.29, 1.82) is 0 Å². The van der Waals surface area contributed by atoms with Gasteiger partial charge in [-0.2, -0.15) is 0 Å². The van der Waals surface area contributed by atoms with Crippen LogP contribution in [0.5, 0.6) is 0 Å². The average Bonchev–Trinajstić information content (AvgIpc) is 2.90. The molecule has 0 aromatic heterocycles. The first-order chi connectivity index (χ1) is 12.4. The van der Waals surface area contributed by atoms with Crippen molar-refractivity contribution in [2.75, 3.05) is 43.1 Å². The molecule has 0 saturated carbocycles. The highest BCUT2D eigenvalue weighted by atomic mass is 19.1. The molecule has 1 aromatic carbocycles. The Kier molecular flexibility index (Phi) is 4.78. The number of carboxylic acid groups (broad SMARTS) is 1. The maximum absolute atomic E-state index is 14.4. The molecule has 2 aliphatic rings. The molecule has 26 heavy (non-hydrogen) atoms. The van der Waals surface area contributed by atoms with E-state index in [1.165, 1.54) is 12.0 Å². The first-order valence-electron chi connectivity index (χ1n) is 7.67. The van der Waals surface area contributed by atoms with E-state index in [0.717, 1.165) is 17.0 Å². The maximum atomic E-state index is 14.4. The lowest BCUT2D eigenvalue weighted by molar-refractivity contribution is 0.136. The number of ether oxygens (including phenoxy) is 1. The van der Waals surface area contributed by atoms with Crippen molar-refractivity contribution < 1.29 is 33.1 Å². The van der Waals surface area contributed by atoms with Crippen molar-refractivity contribution in [3.63, 3.8) is 0 Å². The Morgan fingerprint density at radius 1 is 1.42 bits per heavy atom. The molecule has 1 atom stereocenters. The van der Waals surface area contributed by atoms with Gasteiger partial charge in [0.2, 0.25) is 0 Å². The molecule has 2 heterocycles. The van der Waals surface area contributed by atoms with E-state index in [1.807, 2.05) is 0 Å². The number of benzene rings is 1. The predicted molar refractivity (Wildman–Crippen MR) is 86.7 cm³/mol. The first kappa shape index (κ1) is 17.7. The van der Waals surface area contributed by atoms with Crippen LogP contribution in [-0.4, -0.2) is 62.4 Å². The van der Waals surface area contributed by atoms with E-state index >= 15 is 0 Å². The second-order valence-corrected chi connectivity index (χ2v) is 5.76. The molecule has 2 N–H and O–H groups in total. The molecule has 2 aliphatic heterocycles. The molecule has 140 valence electrons. The summed E-state index contributed by atoms with van der Waals surface area (Å²) < 4.78 is 33.8. The number of nitrogens with zero attached hydrogens (tertiary/aromatic N) is 3. The lowest BCUT2D eigenvalue weighted by atomic mass is 10.1. The van der Waals surface area contributed by atoms with Crippen LogP contribution in [0, 0.1) is 11.6 Å². The fraction of sp³-hybridized carbons (Fsp3) is 0.400. The highest BCUT2D eigenvalue weighted by Crippen LogP contribution is 2.32. The number of oxime groups is 1. The Morgan fingerprint density at radius 2 is 2.08 bits per heavy atom. The number of halogens is 2. The van der Waals surface area contributed by atoms with Gasteiger partial charge in [-0.15, -0.1) is 0 Å². The molecular weight excluding hydrogens is 354 g/mol. The number of carbonyl (C=O) groups excluding carboxylic acids is 1. The maximum Gasteiger partial charge on any atom is 0.414 e. The molecular formula is C15H16F2N4O5. The number of cyclic esters (lactones) is 1. The van der Waals surface area contributed by atoms with Crippen molar-refractivity contribution in [2.24, 2.45) is 5.16 Å². The first-order valence-corrected chi connectivity index (χ1v) is 7.67. The largest absolute Gasteiger partial charge is 0.465 e. The SMILES string of the molecule is CON=C1CN(c2c(F)cc(N3C[C@H](CNC(=O)O)OC3=O)cc2F)C1. The average molecular weight is 370 g/mol. The Bertz CT molecular complexity index is 741. The molecule has 0 unspecified atom stereocenters. The predicted octanol–water partition coefficient (Wildman–Crippen LogP) is 1.38. The molecule has 3 rings (SSSR count). The summed E-state index contributed by atoms with van der Waals surface area (Å²) in [6, 6.07) is 2.08. The van der Waals surface area contributed by atoms with Crippen LogP contribution in [0.15, 0.2) is 17.3 Å². The van der Waals surface area contributed by atoms with E-state index in [-0.39, 0.29) is 37.6 Å². The van der Waals surface area contributed by atoms with Crippen molar-refractivity contribution in [3.8, 4) is 0 Å². The van der Waals surface area contributed by atoms with Gasteiger partial charge in [0.25, 0.3) is 0 Å². The smallest absolute Gasteiger partial charge is 0.414 e. The molecule has 0 radical (unpaired) electrons. The number of hydrogen-bond acceptors (Lipinski definition) is 6. The van der Waals surface area contributed by atoms with Crippen LogP contribution in [0.25, 0.3) is 0 Å². The normalized spacial score (nSPS) is 19.1. The van der Waals surface area contributed by atoms with Gasteiger partial charge in [0.15, 0.2) is 11.6 Å². The molecule has 2 saturated heterocycles. The number of nitrogens with one attached hydrogen (secondary N) is 1. The summed E-state index contributed by atoms with van der Waals surface area (Å²) >= 11 is 0. The fourth-order valence-electron chi connectivity index (χ4n) is 2.79. The topological polar surface area (TPSA) is 104 Å². The van der Waals surface area contributed by atoms with Gasteiger partial charge in [0, 0.05) is 12.1 Å². The summed E-state index contributed by atoms with van der Waals surface area (Å²) in [7, 11) is 1.39. The third kappa shape index (κ3) is 3.46. The molecule has 0 spiro atoms. The summed E-state index contributed by atoms with van der Waals surface area (Å²) in [5, 5.41) is 14.4. The summed E-state index contributed by atoms with van der Waals surface area (Å²) in [5.74, 6) is -1.65. The minimum Gasteiger partial charge on any atom is -0.465 e. The number of hydrogen-bond donors (Lipinski definition) is 2. The van der Waals surface area contributed by atoms with Crippen LogP contribution in [0.1, 0.15) is 0 Å². The Hall–Kier alpha value is -3.11. The monoisotopic (exact) mass is 370 g/mol. The molecule has 2 amide bonds. The van der Waals surface area contributed by atoms with Crippen molar-refractivity contribution in [2.45, 2.75) is 6.10 Å². The van der Waals surface area contributed by atoms with E-state index in [2.05, 4.69) is 15.3 Å². The standard InChI is InChI=1S/C15H16F2N4O5/c1-25-19-8-5-20(6-8)13-11(16)2-9(3-12(13)17)21-7-10(26-15(21)24)4-18-14(22)23/h2-3,10,18H,4-7H2,1H3,(H,22,23)/t10-/m0/s1. The third-order valence-corrected chi connectivity index (χ3v) is 3.95. The molecule has 0 aliphatic carbocycles. The quantitative estimate of drug-likeness (QED) is 0.759. The zero-order valence-electron chi connectivity index (χ0n) is 13.7. The van der Waals surface area contributed by atoms with Crippen LogP contribution in [-0.2, 0) is 9.57 Å². The van der Waals surface area contributed by atoms with Gasteiger partial charge in [-0.3, -0.25) is 4.90 Å². The molecule has 0 bridgehead atoms. The second-order valence-electron chi connectivity index (χ2n) is 5.76. The van der Waals surface area contributed by atoms with Gasteiger partial charge < -0.3 is 24.9 Å². The van der Waals surface area contributed by atoms with Crippen molar-refractivity contribution >= 4 is 29.3 Å². The van der Waals surface area contributed by atoms with Gasteiger partial charge in [-0.05, 0) is 0 Å². The number of anilines is 2. The Labute approximate surface area is 146 Å². The van der Waals surface area contributed by atoms with Gasteiger partial charge in [0.1, 0.15) is 18.9 Å². The third-order valence-electron chi connectivity index (χ3n) is 3.95. The van der Waals surface area contributed by atoms with E-state index in [0.29, 0.717) is 5.71 Å². The highest BCUT2D eigenvalue weighted by molar-refractivity contribution is 5.99. The molecule has 9 nitrogen and oxygen atoms in total. The van der Waals surface area contributed by atoms with Gasteiger partial charge >= 0.3 is 12.2 Å². The van der Waals surface area contributed by atoms with Crippen LogP contribution in [0.3, 0.4) is 0 Å². The van der Waals surface area contributed by atoms with Crippen LogP contribution in [0.4, 0.5) is 29.7 Å². The van der Waals surface area contributed by atoms with Crippen molar-refractivity contribution in [1.82, 2.24) is 5.32 Å². The van der Waals surface area contributed by atoms with Crippen LogP contribution < -0.4 is 15.1 Å². The van der Waals surface area contributed by atoms with E-state index < -0.39 is 29.9 Å². The molecule has 1 aromatic rings. The molecule has 11 heteroatoms. The Morgan fingerprint density at radius 3 is 2.65 bits per heavy atom. The van der Waals surface area contributed by atoms with Gasteiger partial charge in [0.05, 0.1) is 37.6 Å². The summed E-state index contributed by atoms with van der Waals surface area (Å²) in [4.78, 5) is 29.5. The zero-order valence-corrected chi connectivity index (χ0v) is 13.7. The number of amides is 2.